The van der Waals surface area contributed by atoms with Crippen molar-refractivity contribution >= 4 is 16.6 Å². The lowest BCUT2D eigenvalue weighted by molar-refractivity contribution is -0.0489. The Hall–Kier alpha value is -4.29. The number of aromatic nitrogens is 2. The Morgan fingerprint density at radius 1 is 1.19 bits per heavy atom. The molecule has 0 aliphatic carbocycles. The number of hydrogen-bond donors (Lipinski definition) is 1. The zero-order valence-electron chi connectivity index (χ0n) is 19.1. The summed E-state index contributed by atoms with van der Waals surface area (Å²) < 4.78 is 51.8. The number of aliphatic hydroxyl groups excluding tert-OH is 1. The maximum atomic E-state index is 13.9. The number of imidazole rings is 1. The summed E-state index contributed by atoms with van der Waals surface area (Å²) in [6.07, 6.45) is 0. The van der Waals surface area contributed by atoms with Crippen LogP contribution >= 0.6 is 0 Å². The average Bonchev–Trinajstić information content (AvgIpc) is 3.14. The van der Waals surface area contributed by atoms with Gasteiger partial charge in [-0.05, 0) is 53.9 Å². The summed E-state index contributed by atoms with van der Waals surface area (Å²) in [5.74, 6) is 0.142. The zero-order chi connectivity index (χ0) is 25.4. The Morgan fingerprint density at radius 2 is 2.00 bits per heavy atom. The van der Waals surface area contributed by atoms with Crippen LogP contribution in [0.1, 0.15) is 35.0 Å². The van der Waals surface area contributed by atoms with Gasteiger partial charge in [0.25, 0.3) is 0 Å². The number of benzene rings is 3. The number of para-hydroxylation sites is 1. The van der Waals surface area contributed by atoms with E-state index in [1.165, 1.54) is 18.2 Å². The van der Waals surface area contributed by atoms with E-state index in [1.807, 2.05) is 18.2 Å². The molecular formula is C27H20F3N3O3. The number of hydrogen-bond acceptors (Lipinski definition) is 5. The summed E-state index contributed by atoms with van der Waals surface area (Å²) in [6.45, 7) is -1.25. The molecule has 0 saturated heterocycles. The maximum absolute atomic E-state index is 13.9. The molecule has 1 aliphatic heterocycles. The van der Waals surface area contributed by atoms with E-state index >= 15 is 0 Å². The molecule has 0 fully saturated rings. The van der Waals surface area contributed by atoms with E-state index in [0.717, 1.165) is 16.7 Å². The first-order valence-corrected chi connectivity index (χ1v) is 11.1. The minimum atomic E-state index is -3.00. The highest BCUT2D eigenvalue weighted by atomic mass is 19.3. The lowest BCUT2D eigenvalue weighted by Gasteiger charge is -2.14. The van der Waals surface area contributed by atoms with Crippen molar-refractivity contribution < 1.29 is 27.8 Å². The van der Waals surface area contributed by atoms with Crippen LogP contribution in [0.15, 0.2) is 60.2 Å². The third kappa shape index (κ3) is 4.16. The van der Waals surface area contributed by atoms with Gasteiger partial charge in [0.2, 0.25) is 0 Å². The van der Waals surface area contributed by atoms with Crippen molar-refractivity contribution in [2.75, 3.05) is 0 Å². The summed E-state index contributed by atoms with van der Waals surface area (Å²) in [6, 6.07) is 16.8. The second kappa shape index (κ2) is 9.40. The number of halogens is 3. The first kappa shape index (κ1) is 23.5. The Bertz CT molecular complexity index is 1550. The summed E-state index contributed by atoms with van der Waals surface area (Å²) in [7, 11) is 0. The summed E-state index contributed by atoms with van der Waals surface area (Å²) in [4.78, 5) is 4.32. The first-order chi connectivity index (χ1) is 17.4. The van der Waals surface area contributed by atoms with Gasteiger partial charge in [0.05, 0.1) is 11.6 Å². The molecule has 1 aromatic heterocycles. The minimum absolute atomic E-state index is 0.0713. The molecule has 0 bridgehead atoms. The van der Waals surface area contributed by atoms with Crippen molar-refractivity contribution in [1.82, 2.24) is 9.55 Å². The highest BCUT2D eigenvalue weighted by molar-refractivity contribution is 5.88. The number of rotatable bonds is 5. The smallest absolute Gasteiger partial charge is 0.387 e. The van der Waals surface area contributed by atoms with Gasteiger partial charge in [-0.25, -0.2) is 9.37 Å². The van der Waals surface area contributed by atoms with Crippen LogP contribution in [0.25, 0.3) is 16.6 Å². The van der Waals surface area contributed by atoms with Crippen molar-refractivity contribution in [3.8, 4) is 17.6 Å². The van der Waals surface area contributed by atoms with Crippen LogP contribution < -0.4 is 9.47 Å². The highest BCUT2D eigenvalue weighted by Crippen LogP contribution is 2.39. The number of aliphatic hydroxyl groups is 1. The molecule has 0 amide bonds. The molecule has 3 aromatic carbocycles. The molecule has 182 valence electrons. The van der Waals surface area contributed by atoms with Crippen LogP contribution in [0.5, 0.6) is 11.5 Å². The summed E-state index contributed by atoms with van der Waals surface area (Å²) in [5.41, 5.74) is 4.97. The fourth-order valence-electron chi connectivity index (χ4n) is 4.53. The predicted molar refractivity (Wildman–Crippen MR) is 126 cm³/mol. The van der Waals surface area contributed by atoms with Gasteiger partial charge in [-0.2, -0.15) is 14.0 Å². The van der Waals surface area contributed by atoms with Crippen molar-refractivity contribution in [3.63, 3.8) is 0 Å². The van der Waals surface area contributed by atoms with E-state index in [4.69, 9.17) is 4.74 Å². The molecule has 6 nitrogen and oxygen atoms in total. The van der Waals surface area contributed by atoms with E-state index in [0.29, 0.717) is 33.8 Å². The van der Waals surface area contributed by atoms with E-state index < -0.39 is 19.0 Å². The van der Waals surface area contributed by atoms with Gasteiger partial charge in [0.1, 0.15) is 36.1 Å². The maximum Gasteiger partial charge on any atom is 0.387 e. The van der Waals surface area contributed by atoms with Gasteiger partial charge in [0.15, 0.2) is 5.75 Å². The minimum Gasteiger partial charge on any atom is -0.488 e. The van der Waals surface area contributed by atoms with Crippen LogP contribution in [0.2, 0.25) is 0 Å². The topological polar surface area (TPSA) is 80.3 Å². The summed E-state index contributed by atoms with van der Waals surface area (Å²) in [5, 5.41) is 19.5. The molecule has 36 heavy (non-hydrogen) atoms. The standard InChI is InChI=1S/C27H20F3N3O3/c1-15(11-31)25-19-7-5-16(9-17(19)14-35-23-10-18(28)6-8-20(23)25)12-33-21-3-2-4-22(36-27(29)30)26(21)32-24(33)13-34/h2-10,27,34H,12-14H2,1H3/b25-15+. The number of nitriles is 1. The van der Waals surface area contributed by atoms with Gasteiger partial charge in [0, 0.05) is 29.3 Å². The molecule has 0 unspecified atom stereocenters. The number of alkyl halides is 2. The van der Waals surface area contributed by atoms with Crippen molar-refractivity contribution in [1.29, 1.82) is 5.26 Å². The Labute approximate surface area is 204 Å². The Kier molecular flexibility index (Phi) is 6.12. The number of fused-ring (bicyclic) bond motifs is 3. The predicted octanol–water partition coefficient (Wildman–Crippen LogP) is 5.56. The van der Waals surface area contributed by atoms with E-state index in [-0.39, 0.29) is 24.4 Å². The molecule has 2 heterocycles. The molecule has 4 aromatic rings. The van der Waals surface area contributed by atoms with Crippen LogP contribution in [-0.2, 0) is 19.8 Å². The Morgan fingerprint density at radius 3 is 2.75 bits per heavy atom. The Balaban J connectivity index is 1.58. The summed E-state index contributed by atoms with van der Waals surface area (Å²) >= 11 is 0. The molecule has 1 N–H and O–H groups in total. The molecule has 0 saturated carbocycles. The van der Waals surface area contributed by atoms with E-state index in [1.54, 1.807) is 29.7 Å². The zero-order valence-corrected chi connectivity index (χ0v) is 19.1. The number of nitrogens with zero attached hydrogens (tertiary/aromatic N) is 3. The second-order valence-electron chi connectivity index (χ2n) is 8.31. The largest absolute Gasteiger partial charge is 0.488 e. The molecule has 0 radical (unpaired) electrons. The monoisotopic (exact) mass is 491 g/mol. The quantitative estimate of drug-likeness (QED) is 0.370. The lowest BCUT2D eigenvalue weighted by Crippen LogP contribution is -2.07. The fourth-order valence-corrected chi connectivity index (χ4v) is 4.53. The SMILES string of the molecule is C/C(C#N)=C1/c2ccc(Cn3c(CO)nc4c(OC(F)F)cccc43)cc2COc2cc(F)ccc21. The van der Waals surface area contributed by atoms with Crippen LogP contribution in [-0.4, -0.2) is 21.3 Å². The normalized spacial score (nSPS) is 14.0. The second-order valence-corrected chi connectivity index (χ2v) is 8.31. The average molecular weight is 491 g/mol. The van der Waals surface area contributed by atoms with Crippen molar-refractivity contribution in [3.05, 3.63) is 94.1 Å². The third-order valence-corrected chi connectivity index (χ3v) is 6.10. The number of ether oxygens (including phenoxy) is 2. The highest BCUT2D eigenvalue weighted by Gasteiger charge is 2.23. The van der Waals surface area contributed by atoms with Crippen LogP contribution in [0.3, 0.4) is 0 Å². The van der Waals surface area contributed by atoms with Crippen molar-refractivity contribution in [2.24, 2.45) is 0 Å². The van der Waals surface area contributed by atoms with Crippen molar-refractivity contribution in [2.45, 2.75) is 33.3 Å². The van der Waals surface area contributed by atoms with Gasteiger partial charge in [-0.15, -0.1) is 0 Å². The molecule has 0 spiro atoms. The van der Waals surface area contributed by atoms with Gasteiger partial charge in [-0.1, -0.05) is 18.2 Å². The van der Waals surface area contributed by atoms with Crippen LogP contribution in [0, 0.1) is 17.1 Å². The third-order valence-electron chi connectivity index (χ3n) is 6.10. The fraction of sp³-hybridized carbons (Fsp3) is 0.185. The van der Waals surface area contributed by atoms with Gasteiger partial charge in [-0.3, -0.25) is 0 Å². The van der Waals surface area contributed by atoms with Gasteiger partial charge >= 0.3 is 6.61 Å². The van der Waals surface area contributed by atoms with E-state index in [2.05, 4.69) is 15.8 Å². The first-order valence-electron chi connectivity index (χ1n) is 11.1. The van der Waals surface area contributed by atoms with E-state index in [9.17, 15) is 23.5 Å². The molecule has 0 atom stereocenters. The lowest BCUT2D eigenvalue weighted by atomic mass is 9.90. The number of allylic oxidation sites excluding steroid dienone is 1. The molecule has 1 aliphatic rings. The molecule has 5 rings (SSSR count). The van der Waals surface area contributed by atoms with Gasteiger partial charge < -0.3 is 19.1 Å². The van der Waals surface area contributed by atoms with Crippen LogP contribution in [0.4, 0.5) is 13.2 Å². The molecule has 9 heteroatoms. The molecular weight excluding hydrogens is 471 g/mol.